The van der Waals surface area contributed by atoms with Crippen LogP contribution in [0.25, 0.3) is 11.4 Å². The highest BCUT2D eigenvalue weighted by Crippen LogP contribution is 2.29. The van der Waals surface area contributed by atoms with Crippen LogP contribution in [0.15, 0.2) is 28.8 Å². The van der Waals surface area contributed by atoms with E-state index in [9.17, 15) is 5.11 Å². The standard InChI is InChI=1S/C14H17N3O3/c1-2-19-12-6-4-3-5-10(12)13-16-14(20-17-13)11-7-9(18)8-15-11/h3-6,9,11,15,18H,2,7-8H2,1H3/t9-,11-/m1/s1. The summed E-state index contributed by atoms with van der Waals surface area (Å²) >= 11 is 0. The first-order chi connectivity index (χ1) is 9.78. The SMILES string of the molecule is CCOc1ccccc1-c1noc([C@H]2C[C@@H](O)CN2)n1. The molecule has 1 aliphatic heterocycles. The topological polar surface area (TPSA) is 80.4 Å². The second-order valence-corrected chi connectivity index (χ2v) is 4.74. The number of nitrogens with one attached hydrogen (secondary N) is 1. The van der Waals surface area contributed by atoms with Crippen LogP contribution in [-0.2, 0) is 0 Å². The number of para-hydroxylation sites is 1. The van der Waals surface area contributed by atoms with Crippen LogP contribution in [0.1, 0.15) is 25.3 Å². The van der Waals surface area contributed by atoms with Crippen molar-refractivity contribution in [1.29, 1.82) is 0 Å². The van der Waals surface area contributed by atoms with Crippen LogP contribution in [0.2, 0.25) is 0 Å². The van der Waals surface area contributed by atoms with Crippen LogP contribution in [0.3, 0.4) is 0 Å². The van der Waals surface area contributed by atoms with E-state index in [-0.39, 0.29) is 12.1 Å². The summed E-state index contributed by atoms with van der Waals surface area (Å²) in [6.07, 6.45) is 0.237. The van der Waals surface area contributed by atoms with Crippen molar-refractivity contribution >= 4 is 0 Å². The van der Waals surface area contributed by atoms with Crippen molar-refractivity contribution in [1.82, 2.24) is 15.5 Å². The summed E-state index contributed by atoms with van der Waals surface area (Å²) in [5.41, 5.74) is 0.808. The molecule has 2 aromatic rings. The largest absolute Gasteiger partial charge is 0.493 e. The number of aromatic nitrogens is 2. The molecule has 0 radical (unpaired) electrons. The zero-order valence-corrected chi connectivity index (χ0v) is 11.2. The Kier molecular flexibility index (Phi) is 3.66. The third kappa shape index (κ3) is 2.52. The quantitative estimate of drug-likeness (QED) is 0.880. The number of rotatable bonds is 4. The summed E-state index contributed by atoms with van der Waals surface area (Å²) in [6.45, 7) is 3.07. The lowest BCUT2D eigenvalue weighted by Gasteiger charge is -2.06. The average Bonchev–Trinajstić information content (AvgIpc) is 3.08. The van der Waals surface area contributed by atoms with Crippen LogP contribution in [0.4, 0.5) is 0 Å². The summed E-state index contributed by atoms with van der Waals surface area (Å²) in [4.78, 5) is 4.41. The maximum atomic E-state index is 9.53. The van der Waals surface area contributed by atoms with Gasteiger partial charge in [0.15, 0.2) is 0 Å². The molecule has 1 aromatic heterocycles. The van der Waals surface area contributed by atoms with Crippen molar-refractivity contribution in [3.05, 3.63) is 30.2 Å². The molecule has 20 heavy (non-hydrogen) atoms. The summed E-state index contributed by atoms with van der Waals surface area (Å²) < 4.78 is 10.9. The Bertz CT molecular complexity index is 585. The minimum Gasteiger partial charge on any atom is -0.493 e. The number of hydrogen-bond acceptors (Lipinski definition) is 6. The first kappa shape index (κ1) is 13.1. The van der Waals surface area contributed by atoms with Crippen molar-refractivity contribution in [2.75, 3.05) is 13.2 Å². The lowest BCUT2D eigenvalue weighted by atomic mass is 10.2. The number of benzene rings is 1. The van der Waals surface area contributed by atoms with Gasteiger partial charge in [-0.2, -0.15) is 4.98 Å². The van der Waals surface area contributed by atoms with Gasteiger partial charge in [0.25, 0.3) is 0 Å². The van der Waals surface area contributed by atoms with Crippen LogP contribution < -0.4 is 10.1 Å². The van der Waals surface area contributed by atoms with E-state index < -0.39 is 0 Å². The van der Waals surface area contributed by atoms with Gasteiger partial charge in [-0.3, -0.25) is 0 Å². The third-order valence-electron chi connectivity index (χ3n) is 3.28. The van der Waals surface area contributed by atoms with Crippen molar-refractivity contribution < 1.29 is 14.4 Å². The third-order valence-corrected chi connectivity index (χ3v) is 3.28. The molecule has 0 spiro atoms. The molecule has 1 aromatic carbocycles. The Morgan fingerprint density at radius 2 is 2.30 bits per heavy atom. The predicted molar refractivity (Wildman–Crippen MR) is 72.3 cm³/mol. The molecule has 106 valence electrons. The maximum absolute atomic E-state index is 9.53. The number of aliphatic hydroxyl groups excluding tert-OH is 1. The van der Waals surface area contributed by atoms with E-state index in [0.29, 0.717) is 31.3 Å². The molecular formula is C14H17N3O3. The minimum absolute atomic E-state index is 0.0782. The fourth-order valence-electron chi connectivity index (χ4n) is 2.32. The van der Waals surface area contributed by atoms with Crippen molar-refractivity contribution in [2.45, 2.75) is 25.5 Å². The van der Waals surface area contributed by atoms with Gasteiger partial charge < -0.3 is 19.7 Å². The highest BCUT2D eigenvalue weighted by Gasteiger charge is 2.28. The van der Waals surface area contributed by atoms with Gasteiger partial charge in [0.2, 0.25) is 11.7 Å². The molecule has 0 bridgehead atoms. The van der Waals surface area contributed by atoms with E-state index >= 15 is 0 Å². The van der Waals surface area contributed by atoms with E-state index in [2.05, 4.69) is 15.5 Å². The summed E-state index contributed by atoms with van der Waals surface area (Å²) in [7, 11) is 0. The first-order valence-corrected chi connectivity index (χ1v) is 6.75. The van der Waals surface area contributed by atoms with Gasteiger partial charge in [-0.05, 0) is 25.5 Å². The molecule has 0 saturated carbocycles. The first-order valence-electron chi connectivity index (χ1n) is 6.75. The van der Waals surface area contributed by atoms with Gasteiger partial charge in [-0.15, -0.1) is 0 Å². The molecule has 2 N–H and O–H groups in total. The molecule has 0 amide bonds. The highest BCUT2D eigenvalue weighted by atomic mass is 16.5. The molecule has 1 aliphatic rings. The zero-order chi connectivity index (χ0) is 13.9. The molecule has 0 unspecified atom stereocenters. The van der Waals surface area contributed by atoms with E-state index in [1.165, 1.54) is 0 Å². The lowest BCUT2D eigenvalue weighted by Crippen LogP contribution is -2.15. The van der Waals surface area contributed by atoms with Crippen LogP contribution in [0.5, 0.6) is 5.75 Å². The molecule has 2 atom stereocenters. The average molecular weight is 275 g/mol. The Labute approximate surface area is 116 Å². The summed E-state index contributed by atoms with van der Waals surface area (Å²) in [5, 5.41) is 16.7. The Morgan fingerprint density at radius 1 is 1.45 bits per heavy atom. The van der Waals surface area contributed by atoms with Gasteiger partial charge in [0.1, 0.15) is 5.75 Å². The molecule has 1 saturated heterocycles. The smallest absolute Gasteiger partial charge is 0.244 e. The van der Waals surface area contributed by atoms with Gasteiger partial charge in [-0.25, -0.2) is 0 Å². The van der Waals surface area contributed by atoms with Gasteiger partial charge in [-0.1, -0.05) is 17.3 Å². The second-order valence-electron chi connectivity index (χ2n) is 4.74. The Morgan fingerprint density at radius 3 is 3.05 bits per heavy atom. The van der Waals surface area contributed by atoms with Crippen molar-refractivity contribution in [3.63, 3.8) is 0 Å². The lowest BCUT2D eigenvalue weighted by molar-refractivity contribution is 0.191. The van der Waals surface area contributed by atoms with Crippen molar-refractivity contribution in [3.8, 4) is 17.1 Å². The van der Waals surface area contributed by atoms with Crippen LogP contribution in [-0.4, -0.2) is 34.5 Å². The van der Waals surface area contributed by atoms with Gasteiger partial charge in [0.05, 0.1) is 24.3 Å². The number of aliphatic hydroxyl groups is 1. The fourth-order valence-corrected chi connectivity index (χ4v) is 2.32. The Balaban J connectivity index is 1.86. The molecule has 2 heterocycles. The minimum atomic E-state index is -0.355. The van der Waals surface area contributed by atoms with E-state index in [4.69, 9.17) is 9.26 Å². The Hall–Kier alpha value is -1.92. The number of hydrogen-bond donors (Lipinski definition) is 2. The maximum Gasteiger partial charge on any atom is 0.244 e. The van der Waals surface area contributed by atoms with Gasteiger partial charge in [0, 0.05) is 6.54 Å². The molecule has 3 rings (SSSR count). The van der Waals surface area contributed by atoms with Crippen LogP contribution >= 0.6 is 0 Å². The number of nitrogens with zero attached hydrogens (tertiary/aromatic N) is 2. The zero-order valence-electron chi connectivity index (χ0n) is 11.2. The number of ether oxygens (including phenoxy) is 1. The monoisotopic (exact) mass is 275 g/mol. The molecule has 1 fully saturated rings. The fraction of sp³-hybridized carbons (Fsp3) is 0.429. The molecule has 6 heteroatoms. The van der Waals surface area contributed by atoms with E-state index in [1.807, 2.05) is 31.2 Å². The normalized spacial score (nSPS) is 22.1. The van der Waals surface area contributed by atoms with Gasteiger partial charge >= 0.3 is 0 Å². The van der Waals surface area contributed by atoms with Crippen molar-refractivity contribution in [2.24, 2.45) is 0 Å². The molecular weight excluding hydrogens is 258 g/mol. The van der Waals surface area contributed by atoms with E-state index in [0.717, 1.165) is 11.3 Å². The summed E-state index contributed by atoms with van der Waals surface area (Å²) in [5.74, 6) is 1.75. The number of β-amino-alcohol motifs (C(OH)–C–C–N with tert-alkyl or cyclic N) is 1. The molecule has 6 nitrogen and oxygen atoms in total. The highest BCUT2D eigenvalue weighted by molar-refractivity contribution is 5.63. The van der Waals surface area contributed by atoms with Crippen LogP contribution in [0, 0.1) is 0 Å². The molecule has 0 aliphatic carbocycles. The van der Waals surface area contributed by atoms with E-state index in [1.54, 1.807) is 0 Å². The second kappa shape index (κ2) is 5.60. The summed E-state index contributed by atoms with van der Waals surface area (Å²) in [6, 6.07) is 7.52. The predicted octanol–water partition coefficient (Wildman–Crippen LogP) is 1.53.